The van der Waals surface area contributed by atoms with Gasteiger partial charge in [0.15, 0.2) is 5.03 Å². The van der Waals surface area contributed by atoms with E-state index in [4.69, 9.17) is 16.3 Å². The van der Waals surface area contributed by atoms with Gasteiger partial charge in [-0.3, -0.25) is 9.12 Å². The molecule has 0 aliphatic rings. The average molecular weight is 435 g/mol. The summed E-state index contributed by atoms with van der Waals surface area (Å²) in [5.41, 5.74) is -0.222. The zero-order valence-corrected chi connectivity index (χ0v) is 15.9. The van der Waals surface area contributed by atoms with Crippen LogP contribution in [0.15, 0.2) is 35.6 Å². The van der Waals surface area contributed by atoms with Gasteiger partial charge >= 0.3 is 0 Å². The Hall–Kier alpha value is -2.53. The first-order valence-corrected chi connectivity index (χ1v) is 9.74. The summed E-state index contributed by atoms with van der Waals surface area (Å²) in [5, 5.41) is 0.158. The number of hydrogen-bond acceptors (Lipinski definition) is 5. The number of aromatic nitrogens is 3. The summed E-state index contributed by atoms with van der Waals surface area (Å²) < 4.78 is 72.8. The molecule has 150 valence electrons. The molecule has 0 atom stereocenters. The quantitative estimate of drug-likeness (QED) is 0.615. The lowest BCUT2D eigenvalue weighted by Crippen LogP contribution is -2.16. The van der Waals surface area contributed by atoms with Gasteiger partial charge in [0, 0.05) is 29.8 Å². The number of imidazole rings is 1. The predicted octanol–water partition coefficient (Wildman–Crippen LogP) is 3.53. The first-order valence-electron chi connectivity index (χ1n) is 7.88. The lowest BCUT2D eigenvalue weighted by Gasteiger charge is -2.13. The van der Waals surface area contributed by atoms with E-state index >= 15 is 0 Å². The lowest BCUT2D eigenvalue weighted by atomic mass is 10.2. The highest BCUT2D eigenvalue weighted by Gasteiger charge is 2.23. The topological polar surface area (TPSA) is 85.6 Å². The van der Waals surface area contributed by atoms with Gasteiger partial charge in [0.25, 0.3) is 10.0 Å². The molecule has 0 saturated heterocycles. The molecule has 0 fully saturated rings. The predicted molar refractivity (Wildman–Crippen MR) is 96.1 cm³/mol. The minimum atomic E-state index is -4.20. The highest BCUT2D eigenvalue weighted by molar-refractivity contribution is 7.92. The molecule has 0 amide bonds. The van der Waals surface area contributed by atoms with Crippen LogP contribution in [0.5, 0.6) is 5.88 Å². The van der Waals surface area contributed by atoms with E-state index in [0.717, 1.165) is 12.3 Å². The number of alkyl halides is 2. The molecule has 28 heavy (non-hydrogen) atoms. The van der Waals surface area contributed by atoms with Gasteiger partial charge in [-0.15, -0.1) is 0 Å². The third-order valence-corrected chi connectivity index (χ3v) is 5.34. The maximum atomic E-state index is 14.2. The van der Waals surface area contributed by atoms with Gasteiger partial charge < -0.3 is 4.74 Å². The number of nitrogens with zero attached hydrogens (tertiary/aromatic N) is 3. The summed E-state index contributed by atoms with van der Waals surface area (Å²) in [5.74, 6) is -1.17. The Kier molecular flexibility index (Phi) is 5.66. The summed E-state index contributed by atoms with van der Waals surface area (Å²) in [6.07, 6.45) is -0.984. The van der Waals surface area contributed by atoms with Crippen LogP contribution < -0.4 is 9.46 Å². The van der Waals surface area contributed by atoms with Gasteiger partial charge in [-0.2, -0.15) is 8.42 Å². The van der Waals surface area contributed by atoms with Crippen molar-refractivity contribution in [2.45, 2.75) is 24.3 Å². The molecule has 3 rings (SSSR count). The first-order chi connectivity index (χ1) is 13.2. The van der Waals surface area contributed by atoms with E-state index in [1.165, 1.54) is 29.8 Å². The summed E-state index contributed by atoms with van der Waals surface area (Å²) in [6, 6.07) is 3.79. The Morgan fingerprint density at radius 3 is 2.79 bits per heavy atom. The highest BCUT2D eigenvalue weighted by Crippen LogP contribution is 2.28. The number of aryl methyl sites for hydroxylation is 1. The summed E-state index contributed by atoms with van der Waals surface area (Å²) in [4.78, 5) is 7.77. The highest BCUT2D eigenvalue weighted by atomic mass is 35.5. The molecule has 0 bridgehead atoms. The van der Waals surface area contributed by atoms with Crippen molar-refractivity contribution < 1.29 is 26.3 Å². The Morgan fingerprint density at radius 1 is 1.36 bits per heavy atom. The van der Waals surface area contributed by atoms with Crippen LogP contribution in [0.25, 0.3) is 5.65 Å². The van der Waals surface area contributed by atoms with Crippen molar-refractivity contribution in [1.29, 1.82) is 0 Å². The number of hydrogen-bond donors (Lipinski definition) is 1. The zero-order valence-electron chi connectivity index (χ0n) is 14.4. The molecule has 0 unspecified atom stereocenters. The normalized spacial score (nSPS) is 11.9. The van der Waals surface area contributed by atoms with Gasteiger partial charge in [0.05, 0.1) is 19.0 Å². The first kappa shape index (κ1) is 20.2. The average Bonchev–Trinajstić information content (AvgIpc) is 3.04. The van der Waals surface area contributed by atoms with Crippen LogP contribution in [0.3, 0.4) is 0 Å². The molecule has 3 aromatic heterocycles. The number of rotatable bonds is 7. The van der Waals surface area contributed by atoms with E-state index in [1.807, 2.05) is 0 Å². The maximum absolute atomic E-state index is 14.2. The van der Waals surface area contributed by atoms with E-state index in [-0.39, 0.29) is 28.7 Å². The molecule has 0 spiro atoms. The number of pyridine rings is 2. The second-order valence-electron chi connectivity index (χ2n) is 5.68. The smallest absolute Gasteiger partial charge is 0.279 e. The molecule has 1 N–H and O–H groups in total. The SMILES string of the molecule is COc1nc(CCC(F)F)c(F)cc1NS(=O)(=O)c1cnc2cc(Cl)ccn12. The van der Waals surface area contributed by atoms with E-state index in [1.54, 1.807) is 0 Å². The van der Waals surface area contributed by atoms with Crippen molar-refractivity contribution in [2.75, 3.05) is 11.8 Å². The maximum Gasteiger partial charge on any atom is 0.279 e. The van der Waals surface area contributed by atoms with Crippen LogP contribution in [-0.2, 0) is 16.4 Å². The zero-order chi connectivity index (χ0) is 20.5. The van der Waals surface area contributed by atoms with Crippen LogP contribution in [0.4, 0.5) is 18.9 Å². The number of halogens is 4. The monoisotopic (exact) mass is 434 g/mol. The van der Waals surface area contributed by atoms with Gasteiger partial charge in [-0.05, 0) is 12.5 Å². The number of fused-ring (bicyclic) bond motifs is 1. The fraction of sp³-hybridized carbons (Fsp3) is 0.250. The Morgan fingerprint density at radius 2 is 2.11 bits per heavy atom. The van der Waals surface area contributed by atoms with Crippen molar-refractivity contribution in [3.05, 3.63) is 47.1 Å². The molecule has 0 aliphatic carbocycles. The van der Waals surface area contributed by atoms with Crippen molar-refractivity contribution in [3.8, 4) is 5.88 Å². The third kappa shape index (κ3) is 4.14. The number of methoxy groups -OCH3 is 1. The summed E-state index contributed by atoms with van der Waals surface area (Å²) in [7, 11) is -3.00. The third-order valence-electron chi connectivity index (χ3n) is 3.77. The molecule has 7 nitrogen and oxygen atoms in total. The van der Waals surface area contributed by atoms with Crippen LogP contribution in [-0.4, -0.2) is 36.3 Å². The molecular formula is C16H14ClF3N4O3S. The van der Waals surface area contributed by atoms with Crippen LogP contribution in [0, 0.1) is 5.82 Å². The minimum Gasteiger partial charge on any atom is -0.479 e. The molecule has 3 heterocycles. The van der Waals surface area contributed by atoms with Gasteiger partial charge in [-0.1, -0.05) is 11.6 Å². The van der Waals surface area contributed by atoms with Crippen LogP contribution >= 0.6 is 11.6 Å². The Labute approximate surface area is 163 Å². The van der Waals surface area contributed by atoms with E-state index in [0.29, 0.717) is 10.7 Å². The minimum absolute atomic E-state index is 0.219. The Bertz CT molecular complexity index is 1120. The lowest BCUT2D eigenvalue weighted by molar-refractivity contribution is 0.137. The van der Waals surface area contributed by atoms with Crippen LogP contribution in [0.2, 0.25) is 5.02 Å². The van der Waals surface area contributed by atoms with Crippen molar-refractivity contribution in [1.82, 2.24) is 14.4 Å². The van der Waals surface area contributed by atoms with Crippen molar-refractivity contribution >= 4 is 33.0 Å². The summed E-state index contributed by atoms with van der Waals surface area (Å²) in [6.45, 7) is 0. The molecule has 12 heteroatoms. The second-order valence-corrected chi connectivity index (χ2v) is 7.74. The number of ether oxygens (including phenoxy) is 1. The Balaban J connectivity index is 1.96. The molecular weight excluding hydrogens is 421 g/mol. The van der Waals surface area contributed by atoms with Gasteiger partial charge in [0.2, 0.25) is 12.3 Å². The fourth-order valence-electron chi connectivity index (χ4n) is 2.49. The number of nitrogens with one attached hydrogen (secondary N) is 1. The molecule has 0 aliphatic heterocycles. The molecule has 0 saturated carbocycles. The number of anilines is 1. The van der Waals surface area contributed by atoms with E-state index in [2.05, 4.69) is 14.7 Å². The van der Waals surface area contributed by atoms with Gasteiger partial charge in [0.1, 0.15) is 17.2 Å². The van der Waals surface area contributed by atoms with Crippen LogP contribution in [0.1, 0.15) is 12.1 Å². The van der Waals surface area contributed by atoms with Crippen molar-refractivity contribution in [2.24, 2.45) is 0 Å². The number of sulfonamides is 1. The van der Waals surface area contributed by atoms with E-state index < -0.39 is 28.7 Å². The molecule has 0 aromatic carbocycles. The molecule has 0 radical (unpaired) electrons. The van der Waals surface area contributed by atoms with Gasteiger partial charge in [-0.25, -0.2) is 23.1 Å². The van der Waals surface area contributed by atoms with E-state index in [9.17, 15) is 21.6 Å². The van der Waals surface area contributed by atoms with Crippen molar-refractivity contribution in [3.63, 3.8) is 0 Å². The largest absolute Gasteiger partial charge is 0.479 e. The standard InChI is InChI=1S/C16H14ClF3N4O3S/c1-27-16-12(7-10(18)11(22-16)2-3-13(19)20)23-28(25,26)15-8-21-14-6-9(17)4-5-24(14)15/h4-8,13,23H,2-3H2,1H3. The summed E-state index contributed by atoms with van der Waals surface area (Å²) >= 11 is 5.86. The fourth-order valence-corrected chi connectivity index (χ4v) is 3.79. The molecule has 3 aromatic rings. The second kappa shape index (κ2) is 7.84.